The third-order valence-corrected chi connectivity index (χ3v) is 3.47. The molecule has 0 aliphatic carbocycles. The van der Waals surface area contributed by atoms with E-state index in [1.54, 1.807) is 6.20 Å². The molecule has 3 nitrogen and oxygen atoms in total. The second kappa shape index (κ2) is 6.12. The highest BCUT2D eigenvalue weighted by molar-refractivity contribution is 9.10. The number of aromatic nitrogens is 1. The van der Waals surface area contributed by atoms with Gasteiger partial charge in [0, 0.05) is 29.0 Å². The molecule has 98 valence electrons. The fourth-order valence-electron chi connectivity index (χ4n) is 1.85. The quantitative estimate of drug-likeness (QED) is 0.871. The fourth-order valence-corrected chi connectivity index (χ4v) is 2.37. The summed E-state index contributed by atoms with van der Waals surface area (Å²) < 4.78 is 0.996. The molecule has 0 atom stereocenters. The third kappa shape index (κ3) is 3.52. The second-order valence-corrected chi connectivity index (χ2v) is 5.56. The van der Waals surface area contributed by atoms with Crippen molar-refractivity contribution in [2.45, 2.75) is 6.54 Å². The first-order valence-corrected chi connectivity index (χ1v) is 6.98. The van der Waals surface area contributed by atoms with Crippen LogP contribution in [0.1, 0.15) is 11.3 Å². The Balaban J connectivity index is 2.30. The van der Waals surface area contributed by atoms with Gasteiger partial charge >= 0.3 is 0 Å². The SMILES string of the molecule is CN(Cc1ccccn1)c1cc(Br)ccc1C(N)=S. The number of benzene rings is 1. The summed E-state index contributed by atoms with van der Waals surface area (Å²) in [5.74, 6) is 0. The van der Waals surface area contributed by atoms with Crippen LogP contribution < -0.4 is 10.6 Å². The zero-order valence-electron chi connectivity index (χ0n) is 10.5. The van der Waals surface area contributed by atoms with E-state index in [9.17, 15) is 0 Å². The van der Waals surface area contributed by atoms with Gasteiger partial charge in [0.25, 0.3) is 0 Å². The minimum Gasteiger partial charge on any atom is -0.389 e. The molecule has 0 bridgehead atoms. The molecule has 0 saturated heterocycles. The molecule has 0 unspecified atom stereocenters. The van der Waals surface area contributed by atoms with Crippen molar-refractivity contribution in [2.24, 2.45) is 5.73 Å². The number of hydrogen-bond donors (Lipinski definition) is 1. The van der Waals surface area contributed by atoms with Crippen molar-refractivity contribution < 1.29 is 0 Å². The highest BCUT2D eigenvalue weighted by atomic mass is 79.9. The van der Waals surface area contributed by atoms with Crippen molar-refractivity contribution in [3.63, 3.8) is 0 Å². The molecule has 2 rings (SSSR count). The number of rotatable bonds is 4. The number of thiocarbonyl (C=S) groups is 1. The molecule has 0 saturated carbocycles. The van der Waals surface area contributed by atoms with E-state index in [4.69, 9.17) is 18.0 Å². The molecule has 0 amide bonds. The largest absolute Gasteiger partial charge is 0.389 e. The summed E-state index contributed by atoms with van der Waals surface area (Å²) in [5, 5.41) is 0. The van der Waals surface area contributed by atoms with Crippen LogP contribution in [0.4, 0.5) is 5.69 Å². The van der Waals surface area contributed by atoms with Gasteiger partial charge in [-0.05, 0) is 30.3 Å². The molecular formula is C14H14BrN3S. The first-order valence-electron chi connectivity index (χ1n) is 5.78. The number of nitrogens with zero attached hydrogens (tertiary/aromatic N) is 2. The van der Waals surface area contributed by atoms with Gasteiger partial charge in [0.2, 0.25) is 0 Å². The molecule has 1 aromatic heterocycles. The molecule has 5 heteroatoms. The standard InChI is InChI=1S/C14H14BrN3S/c1-18(9-11-4-2-3-7-17-11)13-8-10(15)5-6-12(13)14(16)19/h2-8H,9H2,1H3,(H2,16,19). The summed E-state index contributed by atoms with van der Waals surface area (Å²) in [7, 11) is 2.00. The van der Waals surface area contributed by atoms with E-state index < -0.39 is 0 Å². The van der Waals surface area contributed by atoms with Crippen molar-refractivity contribution in [3.8, 4) is 0 Å². The maximum atomic E-state index is 5.77. The summed E-state index contributed by atoms with van der Waals surface area (Å²) in [5.41, 5.74) is 8.63. The normalized spacial score (nSPS) is 10.2. The Bertz CT molecular complexity index is 586. The van der Waals surface area contributed by atoms with Gasteiger partial charge in [-0.25, -0.2) is 0 Å². The number of nitrogens with two attached hydrogens (primary N) is 1. The Kier molecular flexibility index (Phi) is 4.50. The van der Waals surface area contributed by atoms with Crippen molar-refractivity contribution in [1.82, 2.24) is 4.98 Å². The van der Waals surface area contributed by atoms with Gasteiger partial charge in [-0.15, -0.1) is 0 Å². The molecule has 1 heterocycles. The number of halogens is 1. The van der Waals surface area contributed by atoms with E-state index in [2.05, 4.69) is 25.8 Å². The van der Waals surface area contributed by atoms with Crippen LogP contribution >= 0.6 is 28.1 Å². The molecule has 19 heavy (non-hydrogen) atoms. The minimum atomic E-state index is 0.398. The molecule has 1 aromatic carbocycles. The molecule has 2 aromatic rings. The Morgan fingerprint density at radius 3 is 2.79 bits per heavy atom. The Morgan fingerprint density at radius 2 is 2.16 bits per heavy atom. The van der Waals surface area contributed by atoms with Crippen LogP contribution in [0.3, 0.4) is 0 Å². The number of anilines is 1. The lowest BCUT2D eigenvalue weighted by Crippen LogP contribution is -2.22. The molecule has 0 aliphatic rings. The number of hydrogen-bond acceptors (Lipinski definition) is 3. The molecule has 0 radical (unpaired) electrons. The molecule has 0 spiro atoms. The summed E-state index contributed by atoms with van der Waals surface area (Å²) in [6, 6.07) is 11.8. The van der Waals surface area contributed by atoms with E-state index in [1.165, 1.54) is 0 Å². The van der Waals surface area contributed by atoms with Gasteiger partial charge in [0.05, 0.1) is 12.2 Å². The predicted octanol–water partition coefficient (Wildman–Crippen LogP) is 3.11. The van der Waals surface area contributed by atoms with Crippen LogP contribution in [0.2, 0.25) is 0 Å². The highest BCUT2D eigenvalue weighted by Crippen LogP contribution is 2.25. The summed E-state index contributed by atoms with van der Waals surface area (Å²) in [6.07, 6.45) is 1.79. The third-order valence-electron chi connectivity index (χ3n) is 2.76. The Morgan fingerprint density at radius 1 is 1.37 bits per heavy atom. The van der Waals surface area contributed by atoms with E-state index in [0.717, 1.165) is 21.4 Å². The predicted molar refractivity (Wildman–Crippen MR) is 86.4 cm³/mol. The lowest BCUT2D eigenvalue weighted by molar-refractivity contribution is 0.884. The Labute approximate surface area is 126 Å². The van der Waals surface area contributed by atoms with E-state index >= 15 is 0 Å². The lowest BCUT2D eigenvalue weighted by Gasteiger charge is -2.22. The monoisotopic (exact) mass is 335 g/mol. The van der Waals surface area contributed by atoms with Gasteiger partial charge in [0.15, 0.2) is 0 Å². The average Bonchev–Trinajstić information content (AvgIpc) is 2.39. The van der Waals surface area contributed by atoms with Gasteiger partial charge in [-0.2, -0.15) is 0 Å². The van der Waals surface area contributed by atoms with Crippen LogP contribution in [0.25, 0.3) is 0 Å². The van der Waals surface area contributed by atoms with Crippen molar-refractivity contribution in [1.29, 1.82) is 0 Å². The minimum absolute atomic E-state index is 0.398. The van der Waals surface area contributed by atoms with Crippen LogP contribution in [-0.2, 0) is 6.54 Å². The van der Waals surface area contributed by atoms with Crippen LogP contribution in [0, 0.1) is 0 Å². The maximum Gasteiger partial charge on any atom is 0.106 e. The smallest absolute Gasteiger partial charge is 0.106 e. The van der Waals surface area contributed by atoms with Gasteiger partial charge in [0.1, 0.15) is 4.99 Å². The van der Waals surface area contributed by atoms with Crippen molar-refractivity contribution >= 4 is 38.8 Å². The lowest BCUT2D eigenvalue weighted by atomic mass is 10.1. The first kappa shape index (κ1) is 14.0. The first-order chi connectivity index (χ1) is 9.08. The fraction of sp³-hybridized carbons (Fsp3) is 0.143. The summed E-state index contributed by atoms with van der Waals surface area (Å²) in [6.45, 7) is 0.701. The Hall–Kier alpha value is -1.46. The molecule has 2 N–H and O–H groups in total. The molecular weight excluding hydrogens is 322 g/mol. The van der Waals surface area contributed by atoms with Crippen LogP contribution in [0.5, 0.6) is 0 Å². The maximum absolute atomic E-state index is 5.77. The zero-order chi connectivity index (χ0) is 13.8. The topological polar surface area (TPSA) is 42.2 Å². The van der Waals surface area contributed by atoms with E-state index in [1.807, 2.05) is 43.4 Å². The molecule has 0 aliphatic heterocycles. The zero-order valence-corrected chi connectivity index (χ0v) is 12.9. The van der Waals surface area contributed by atoms with E-state index in [0.29, 0.717) is 11.5 Å². The summed E-state index contributed by atoms with van der Waals surface area (Å²) in [4.78, 5) is 6.81. The van der Waals surface area contributed by atoms with Gasteiger partial charge < -0.3 is 10.6 Å². The average molecular weight is 336 g/mol. The van der Waals surface area contributed by atoms with Crippen LogP contribution in [0.15, 0.2) is 47.1 Å². The van der Waals surface area contributed by atoms with Gasteiger partial charge in [-0.1, -0.05) is 34.2 Å². The second-order valence-electron chi connectivity index (χ2n) is 4.20. The summed E-state index contributed by atoms with van der Waals surface area (Å²) >= 11 is 8.57. The highest BCUT2D eigenvalue weighted by Gasteiger charge is 2.11. The molecule has 0 fully saturated rings. The van der Waals surface area contributed by atoms with Gasteiger partial charge in [-0.3, -0.25) is 4.98 Å². The van der Waals surface area contributed by atoms with Crippen molar-refractivity contribution in [2.75, 3.05) is 11.9 Å². The van der Waals surface area contributed by atoms with Crippen molar-refractivity contribution in [3.05, 3.63) is 58.3 Å². The number of pyridine rings is 1. The van der Waals surface area contributed by atoms with Crippen LogP contribution in [-0.4, -0.2) is 17.0 Å². The van der Waals surface area contributed by atoms with E-state index in [-0.39, 0.29) is 0 Å².